The lowest BCUT2D eigenvalue weighted by molar-refractivity contribution is 0.117. The number of carbonyl (C=O) groups excluding carboxylic acids is 1. The molecule has 1 aromatic rings. The van der Waals surface area contributed by atoms with Crippen LogP contribution in [0.1, 0.15) is 42.4 Å². The maximum atomic E-state index is 11.9. The molecule has 1 aromatic heterocycles. The first-order valence-corrected chi connectivity index (χ1v) is 8.15. The third-order valence-electron chi connectivity index (χ3n) is 3.71. The Bertz CT molecular complexity index is 439. The number of nitrogens with one attached hydrogen (secondary N) is 2. The minimum Gasteiger partial charge on any atom is -0.393 e. The monoisotopic (exact) mass is 296 g/mol. The number of carbonyl (C=O) groups is 1. The Kier molecular flexibility index (Phi) is 5.43. The number of hydrogen-bond acceptors (Lipinski definition) is 3. The quantitative estimate of drug-likeness (QED) is 0.800. The highest BCUT2D eigenvalue weighted by atomic mass is 32.1. The lowest BCUT2D eigenvalue weighted by atomic mass is 9.93. The van der Waals surface area contributed by atoms with Gasteiger partial charge in [0.2, 0.25) is 0 Å². The summed E-state index contributed by atoms with van der Waals surface area (Å²) in [4.78, 5) is 14.5. The van der Waals surface area contributed by atoms with Gasteiger partial charge in [0.05, 0.1) is 6.10 Å². The third kappa shape index (κ3) is 4.80. The van der Waals surface area contributed by atoms with E-state index < -0.39 is 0 Å². The van der Waals surface area contributed by atoms with E-state index in [2.05, 4.69) is 29.7 Å². The summed E-state index contributed by atoms with van der Waals surface area (Å²) >= 11 is 1.78. The lowest BCUT2D eigenvalue weighted by Crippen LogP contribution is -2.47. The van der Waals surface area contributed by atoms with Gasteiger partial charge in [-0.3, -0.25) is 0 Å². The molecule has 2 amide bonds. The molecule has 0 bridgehead atoms. The Labute approximate surface area is 124 Å². The summed E-state index contributed by atoms with van der Waals surface area (Å²) in [6.45, 7) is 4.12. The second-order valence-corrected chi connectivity index (χ2v) is 7.11. The van der Waals surface area contributed by atoms with E-state index in [-0.39, 0.29) is 24.2 Å². The van der Waals surface area contributed by atoms with E-state index in [0.29, 0.717) is 0 Å². The molecule has 0 saturated heterocycles. The predicted octanol–water partition coefficient (Wildman–Crippen LogP) is 2.59. The van der Waals surface area contributed by atoms with E-state index in [1.165, 1.54) is 9.75 Å². The Morgan fingerprint density at radius 2 is 2.10 bits per heavy atom. The van der Waals surface area contributed by atoms with E-state index in [9.17, 15) is 9.90 Å². The summed E-state index contributed by atoms with van der Waals surface area (Å²) in [5, 5.41) is 15.4. The molecule has 3 N–H and O–H groups in total. The number of hydrogen-bond donors (Lipinski definition) is 3. The summed E-state index contributed by atoms with van der Waals surface area (Å²) in [6, 6.07) is 4.47. The van der Waals surface area contributed by atoms with Gasteiger partial charge >= 0.3 is 6.03 Å². The minimum absolute atomic E-state index is 0.0906. The minimum atomic E-state index is -0.183. The summed E-state index contributed by atoms with van der Waals surface area (Å²) < 4.78 is 0. The van der Waals surface area contributed by atoms with E-state index in [0.717, 1.165) is 32.1 Å². The molecule has 1 saturated carbocycles. The number of amides is 2. The van der Waals surface area contributed by atoms with Crippen molar-refractivity contribution in [2.75, 3.05) is 0 Å². The average Bonchev–Trinajstić information content (AvgIpc) is 2.77. The standard InChI is InChI=1S/C15H24N2O2S/c1-10(9-14-8-3-11(2)20-14)16-15(19)17-12-4-6-13(18)7-5-12/h3,8,10,12-13,18H,4-7,9H2,1-2H3,(H2,16,17,19). The molecule has 1 aliphatic carbocycles. The van der Waals surface area contributed by atoms with E-state index >= 15 is 0 Å². The molecule has 1 atom stereocenters. The van der Waals surface area contributed by atoms with Gasteiger partial charge in [0.25, 0.3) is 0 Å². The molecule has 1 aliphatic rings. The highest BCUT2D eigenvalue weighted by Crippen LogP contribution is 2.18. The fourth-order valence-corrected chi connectivity index (χ4v) is 3.64. The summed E-state index contributed by atoms with van der Waals surface area (Å²) in [5.41, 5.74) is 0. The van der Waals surface area contributed by atoms with Gasteiger partial charge in [0.15, 0.2) is 0 Å². The Balaban J connectivity index is 1.71. The molecule has 0 aliphatic heterocycles. The molecule has 2 rings (SSSR count). The van der Waals surface area contributed by atoms with Crippen LogP contribution in [0.2, 0.25) is 0 Å². The van der Waals surface area contributed by atoms with Crippen molar-refractivity contribution in [2.45, 2.75) is 64.1 Å². The van der Waals surface area contributed by atoms with Crippen LogP contribution in [0.4, 0.5) is 4.79 Å². The fourth-order valence-electron chi connectivity index (χ4n) is 2.62. The highest BCUT2D eigenvalue weighted by Gasteiger charge is 2.21. The van der Waals surface area contributed by atoms with Crippen LogP contribution < -0.4 is 10.6 Å². The molecule has 1 unspecified atom stereocenters. The zero-order valence-corrected chi connectivity index (χ0v) is 13.0. The Hall–Kier alpha value is -1.07. The van der Waals surface area contributed by atoms with E-state index in [4.69, 9.17) is 0 Å². The zero-order chi connectivity index (χ0) is 14.5. The molecule has 1 fully saturated rings. The van der Waals surface area contributed by atoms with Gasteiger partial charge in [-0.05, 0) is 51.7 Å². The van der Waals surface area contributed by atoms with Crippen LogP contribution in [0.5, 0.6) is 0 Å². The fraction of sp³-hybridized carbons (Fsp3) is 0.667. The van der Waals surface area contributed by atoms with Crippen molar-refractivity contribution in [2.24, 2.45) is 0 Å². The molecule has 0 radical (unpaired) electrons. The maximum absolute atomic E-state index is 11.9. The topological polar surface area (TPSA) is 61.4 Å². The van der Waals surface area contributed by atoms with Crippen LogP contribution >= 0.6 is 11.3 Å². The van der Waals surface area contributed by atoms with Gasteiger partial charge in [-0.1, -0.05) is 0 Å². The van der Waals surface area contributed by atoms with Gasteiger partial charge < -0.3 is 15.7 Å². The molecule has 4 nitrogen and oxygen atoms in total. The van der Waals surface area contributed by atoms with Crippen LogP contribution in [0.15, 0.2) is 12.1 Å². The molecule has 0 spiro atoms. The number of rotatable bonds is 4. The van der Waals surface area contributed by atoms with Crippen LogP contribution in [-0.2, 0) is 6.42 Å². The normalized spacial score (nSPS) is 24.1. The predicted molar refractivity (Wildman–Crippen MR) is 82.2 cm³/mol. The molecule has 5 heteroatoms. The van der Waals surface area contributed by atoms with E-state index in [1.54, 1.807) is 11.3 Å². The number of aliphatic hydroxyl groups excluding tert-OH is 1. The summed E-state index contributed by atoms with van der Waals surface area (Å²) in [6.07, 6.45) is 4.00. The van der Waals surface area contributed by atoms with Crippen molar-refractivity contribution < 1.29 is 9.90 Å². The molecule has 1 heterocycles. The maximum Gasteiger partial charge on any atom is 0.315 e. The molecular weight excluding hydrogens is 272 g/mol. The van der Waals surface area contributed by atoms with Crippen LogP contribution in [0, 0.1) is 6.92 Å². The first kappa shape index (κ1) is 15.3. The Morgan fingerprint density at radius 3 is 2.70 bits per heavy atom. The van der Waals surface area contributed by atoms with Crippen molar-refractivity contribution >= 4 is 17.4 Å². The third-order valence-corrected chi connectivity index (χ3v) is 4.74. The Morgan fingerprint density at radius 1 is 1.40 bits per heavy atom. The molecule has 0 aromatic carbocycles. The van der Waals surface area contributed by atoms with E-state index in [1.807, 2.05) is 6.92 Å². The average molecular weight is 296 g/mol. The largest absolute Gasteiger partial charge is 0.393 e. The lowest BCUT2D eigenvalue weighted by Gasteiger charge is -2.26. The van der Waals surface area contributed by atoms with Gasteiger partial charge in [-0.15, -0.1) is 11.3 Å². The van der Waals surface area contributed by atoms with Gasteiger partial charge in [0, 0.05) is 28.3 Å². The SMILES string of the molecule is Cc1ccc(CC(C)NC(=O)NC2CCC(O)CC2)s1. The second kappa shape index (κ2) is 7.09. The number of aliphatic hydroxyl groups is 1. The number of thiophene rings is 1. The van der Waals surface area contributed by atoms with Gasteiger partial charge in [-0.2, -0.15) is 0 Å². The molecule has 112 valence electrons. The van der Waals surface area contributed by atoms with Gasteiger partial charge in [0.1, 0.15) is 0 Å². The van der Waals surface area contributed by atoms with Crippen molar-refractivity contribution in [3.05, 3.63) is 21.9 Å². The van der Waals surface area contributed by atoms with Gasteiger partial charge in [-0.25, -0.2) is 4.79 Å². The smallest absolute Gasteiger partial charge is 0.315 e. The highest BCUT2D eigenvalue weighted by molar-refractivity contribution is 7.11. The van der Waals surface area contributed by atoms with Crippen LogP contribution in [-0.4, -0.2) is 29.3 Å². The van der Waals surface area contributed by atoms with Crippen molar-refractivity contribution in [1.29, 1.82) is 0 Å². The second-order valence-electron chi connectivity index (χ2n) is 5.74. The summed E-state index contributed by atoms with van der Waals surface area (Å²) in [7, 11) is 0. The van der Waals surface area contributed by atoms with Crippen LogP contribution in [0.25, 0.3) is 0 Å². The number of aryl methyl sites for hydroxylation is 1. The molecule has 20 heavy (non-hydrogen) atoms. The molecular formula is C15H24N2O2S. The van der Waals surface area contributed by atoms with Crippen LogP contribution in [0.3, 0.4) is 0 Å². The van der Waals surface area contributed by atoms with Crippen molar-refractivity contribution in [3.63, 3.8) is 0 Å². The number of urea groups is 1. The first-order valence-electron chi connectivity index (χ1n) is 7.33. The van der Waals surface area contributed by atoms with Crippen molar-refractivity contribution in [1.82, 2.24) is 10.6 Å². The van der Waals surface area contributed by atoms with Crippen molar-refractivity contribution in [3.8, 4) is 0 Å². The zero-order valence-electron chi connectivity index (χ0n) is 12.2. The first-order chi connectivity index (χ1) is 9.52. The summed E-state index contributed by atoms with van der Waals surface area (Å²) in [5.74, 6) is 0.